The van der Waals surface area contributed by atoms with Gasteiger partial charge in [-0.25, -0.2) is 9.50 Å². The van der Waals surface area contributed by atoms with Crippen molar-refractivity contribution in [3.63, 3.8) is 0 Å². The van der Waals surface area contributed by atoms with E-state index >= 15 is 0 Å². The number of fused-ring (bicyclic) bond motifs is 1. The summed E-state index contributed by atoms with van der Waals surface area (Å²) in [4.78, 5) is 7.52. The highest BCUT2D eigenvalue weighted by molar-refractivity contribution is 7.20. The molecule has 0 atom stereocenters. The van der Waals surface area contributed by atoms with E-state index in [1.165, 1.54) is 48.8 Å². The minimum absolute atomic E-state index is 0.255. The lowest BCUT2D eigenvalue weighted by atomic mass is 9.73. The quantitative estimate of drug-likeness (QED) is 0.661. The molecular weight excluding hydrogens is 415 g/mol. The third-order valence-electron chi connectivity index (χ3n) is 6.03. The number of halogens is 3. The summed E-state index contributed by atoms with van der Waals surface area (Å²) in [5.41, 5.74) is 1.58. The summed E-state index contributed by atoms with van der Waals surface area (Å²) in [7, 11) is 0. The van der Waals surface area contributed by atoms with Crippen LogP contribution in [-0.4, -0.2) is 47.1 Å². The fraction of sp³-hybridized carbons (Fsp3) is 0.500. The van der Waals surface area contributed by atoms with Crippen LogP contribution in [0, 0.1) is 5.41 Å². The number of nitrogens with one attached hydrogen (secondary N) is 1. The van der Waals surface area contributed by atoms with Crippen LogP contribution in [0.3, 0.4) is 0 Å². The molecule has 5 rings (SSSR count). The van der Waals surface area contributed by atoms with Gasteiger partial charge >= 0.3 is 6.36 Å². The van der Waals surface area contributed by atoms with E-state index in [0.29, 0.717) is 16.7 Å². The molecule has 3 aromatic rings. The van der Waals surface area contributed by atoms with Crippen LogP contribution < -0.4 is 15.0 Å². The molecule has 2 aliphatic rings. The Kier molecular flexibility index (Phi) is 4.85. The Morgan fingerprint density at radius 2 is 2.00 bits per heavy atom. The summed E-state index contributed by atoms with van der Waals surface area (Å²) in [6, 6.07) is 5.92. The summed E-state index contributed by atoms with van der Waals surface area (Å²) in [6.45, 7) is 4.09. The van der Waals surface area contributed by atoms with Crippen molar-refractivity contribution in [1.82, 2.24) is 19.9 Å². The molecule has 0 amide bonds. The molecule has 1 aromatic carbocycles. The second kappa shape index (κ2) is 7.42. The number of piperidine rings is 2. The lowest BCUT2D eigenvalue weighted by molar-refractivity contribution is -0.274. The van der Waals surface area contributed by atoms with Crippen molar-refractivity contribution >= 4 is 21.4 Å². The predicted octanol–water partition coefficient (Wildman–Crippen LogP) is 4.33. The second-order valence-corrected chi connectivity index (χ2v) is 9.01. The molecule has 0 bridgehead atoms. The van der Waals surface area contributed by atoms with Crippen molar-refractivity contribution in [3.05, 3.63) is 30.5 Å². The number of alkyl halides is 3. The van der Waals surface area contributed by atoms with Gasteiger partial charge in [-0.2, -0.15) is 0 Å². The van der Waals surface area contributed by atoms with Crippen LogP contribution in [0.4, 0.5) is 18.3 Å². The molecule has 4 heterocycles. The molecule has 0 radical (unpaired) electrons. The van der Waals surface area contributed by atoms with Crippen LogP contribution in [0.25, 0.3) is 16.2 Å². The van der Waals surface area contributed by atoms with Crippen LogP contribution in [-0.2, 0) is 0 Å². The highest BCUT2D eigenvalue weighted by Gasteiger charge is 2.37. The molecule has 1 N–H and O–H groups in total. The molecule has 2 fully saturated rings. The number of hydrogen-bond donors (Lipinski definition) is 1. The molecular formula is C20H22F3N5OS. The van der Waals surface area contributed by atoms with Crippen molar-refractivity contribution in [2.45, 2.75) is 32.0 Å². The van der Waals surface area contributed by atoms with Gasteiger partial charge in [-0.15, -0.1) is 18.3 Å². The monoisotopic (exact) mass is 437 g/mol. The van der Waals surface area contributed by atoms with Crippen LogP contribution in [0.5, 0.6) is 5.75 Å². The molecule has 160 valence electrons. The number of imidazole rings is 1. The maximum Gasteiger partial charge on any atom is 0.573 e. The first-order chi connectivity index (χ1) is 14.4. The van der Waals surface area contributed by atoms with Gasteiger partial charge in [0.2, 0.25) is 10.1 Å². The van der Waals surface area contributed by atoms with Crippen LogP contribution >= 0.6 is 11.3 Å². The third-order valence-corrected chi connectivity index (χ3v) is 7.02. The van der Waals surface area contributed by atoms with E-state index in [0.717, 1.165) is 42.7 Å². The molecule has 2 aromatic heterocycles. The fourth-order valence-corrected chi connectivity index (χ4v) is 5.50. The average Bonchev–Trinajstić information content (AvgIpc) is 3.28. The molecule has 10 heteroatoms. The Labute approximate surface area is 175 Å². The summed E-state index contributed by atoms with van der Waals surface area (Å²) < 4.78 is 43.5. The summed E-state index contributed by atoms with van der Waals surface area (Å²) in [6.07, 6.45) is 1.68. The maximum absolute atomic E-state index is 12.6. The van der Waals surface area contributed by atoms with E-state index in [9.17, 15) is 13.2 Å². The smallest absolute Gasteiger partial charge is 0.406 e. The van der Waals surface area contributed by atoms with Crippen LogP contribution in [0.1, 0.15) is 25.7 Å². The standard InChI is InChI=1S/C20H22F3N5OS/c21-20(22,23)29-15-4-1-3-14(11-15)16-12-25-17-28(16)26-18(30-17)27-10-2-5-19(13-27)6-8-24-9-7-19/h1,3-4,11-12,24H,2,5-10,13H2. The number of anilines is 1. The van der Waals surface area contributed by atoms with Gasteiger partial charge in [-0.1, -0.05) is 23.5 Å². The molecule has 2 saturated heterocycles. The fourth-order valence-electron chi connectivity index (χ4n) is 4.60. The summed E-state index contributed by atoms with van der Waals surface area (Å²) in [5, 5.41) is 9.14. The second-order valence-electron chi connectivity index (χ2n) is 8.07. The largest absolute Gasteiger partial charge is 0.573 e. The topological polar surface area (TPSA) is 54.7 Å². The number of rotatable bonds is 3. The molecule has 0 saturated carbocycles. The third kappa shape index (κ3) is 3.85. The van der Waals surface area contributed by atoms with Crippen molar-refractivity contribution in [2.75, 3.05) is 31.1 Å². The Balaban J connectivity index is 1.42. The number of ether oxygens (including phenoxy) is 1. The van der Waals surface area contributed by atoms with Gasteiger partial charge in [0.1, 0.15) is 5.75 Å². The lowest BCUT2D eigenvalue weighted by Gasteiger charge is -2.45. The minimum Gasteiger partial charge on any atom is -0.406 e. The van der Waals surface area contributed by atoms with Crippen LogP contribution in [0.15, 0.2) is 30.5 Å². The van der Waals surface area contributed by atoms with Crippen molar-refractivity contribution < 1.29 is 17.9 Å². The predicted molar refractivity (Wildman–Crippen MR) is 109 cm³/mol. The molecule has 2 aliphatic heterocycles. The minimum atomic E-state index is -4.72. The molecule has 0 unspecified atom stereocenters. The van der Waals surface area contributed by atoms with Crippen LogP contribution in [0.2, 0.25) is 0 Å². The highest BCUT2D eigenvalue weighted by Crippen LogP contribution is 2.40. The van der Waals surface area contributed by atoms with Gasteiger partial charge < -0.3 is 15.0 Å². The number of benzene rings is 1. The van der Waals surface area contributed by atoms with Gasteiger partial charge in [0.05, 0.1) is 11.9 Å². The lowest BCUT2D eigenvalue weighted by Crippen LogP contribution is -2.48. The zero-order valence-corrected chi connectivity index (χ0v) is 17.1. The Morgan fingerprint density at radius 3 is 2.80 bits per heavy atom. The van der Waals surface area contributed by atoms with Gasteiger partial charge in [0.15, 0.2) is 0 Å². The number of hydrogen-bond acceptors (Lipinski definition) is 6. The molecule has 6 nitrogen and oxygen atoms in total. The Hall–Kier alpha value is -2.33. The first-order valence-electron chi connectivity index (χ1n) is 10.1. The van der Waals surface area contributed by atoms with E-state index in [1.807, 2.05) is 0 Å². The first kappa shape index (κ1) is 19.6. The Bertz CT molecular complexity index is 1040. The van der Waals surface area contributed by atoms with E-state index in [1.54, 1.807) is 16.8 Å². The normalized spacial score (nSPS) is 19.5. The zero-order valence-electron chi connectivity index (χ0n) is 16.3. The average molecular weight is 437 g/mol. The van der Waals surface area contributed by atoms with Crippen molar-refractivity contribution in [3.8, 4) is 17.0 Å². The number of nitrogens with zero attached hydrogens (tertiary/aromatic N) is 4. The van der Waals surface area contributed by atoms with Gasteiger partial charge in [-0.05, 0) is 56.3 Å². The van der Waals surface area contributed by atoms with Crippen molar-refractivity contribution in [1.29, 1.82) is 0 Å². The first-order valence-corrected chi connectivity index (χ1v) is 10.9. The van der Waals surface area contributed by atoms with E-state index in [-0.39, 0.29) is 5.75 Å². The summed E-state index contributed by atoms with van der Waals surface area (Å²) in [5.74, 6) is -0.255. The van der Waals surface area contributed by atoms with Gasteiger partial charge in [0, 0.05) is 18.7 Å². The van der Waals surface area contributed by atoms with Gasteiger partial charge in [0.25, 0.3) is 0 Å². The van der Waals surface area contributed by atoms with Crippen molar-refractivity contribution in [2.24, 2.45) is 5.41 Å². The zero-order chi connectivity index (χ0) is 20.8. The molecule has 1 spiro atoms. The SMILES string of the molecule is FC(F)(F)Oc1cccc(-c2cnc3sc(N4CCCC5(CCNCC5)C4)nn23)c1. The highest BCUT2D eigenvalue weighted by atomic mass is 32.1. The molecule has 0 aliphatic carbocycles. The summed E-state index contributed by atoms with van der Waals surface area (Å²) >= 11 is 1.52. The van der Waals surface area contributed by atoms with E-state index in [2.05, 4.69) is 19.9 Å². The van der Waals surface area contributed by atoms with E-state index < -0.39 is 6.36 Å². The van der Waals surface area contributed by atoms with E-state index in [4.69, 9.17) is 5.10 Å². The number of aromatic nitrogens is 3. The van der Waals surface area contributed by atoms with Gasteiger partial charge in [-0.3, -0.25) is 0 Å². The maximum atomic E-state index is 12.6. The Morgan fingerprint density at radius 1 is 1.17 bits per heavy atom. The molecule has 30 heavy (non-hydrogen) atoms.